The Morgan fingerprint density at radius 2 is 1.23 bits per heavy atom. The van der Waals surface area contributed by atoms with Gasteiger partial charge in [0.2, 0.25) is 65.0 Å². The molecule has 1 saturated heterocycles. The lowest BCUT2D eigenvalue weighted by molar-refractivity contribution is -0.159. The Bertz CT molecular complexity index is 2920. The number of hydrogen-bond donors (Lipinski definition) is 20. The van der Waals surface area contributed by atoms with Crippen LogP contribution in [0, 0.1) is 29.1 Å². The molecule has 33 nitrogen and oxygen atoms in total. The zero-order chi connectivity index (χ0) is 70.1. The first-order valence-corrected chi connectivity index (χ1v) is 30.4. The smallest absolute Gasteiger partial charge is 0.331 e. The molecule has 1 aliphatic rings. The van der Waals surface area contributed by atoms with Crippen molar-refractivity contribution >= 4 is 76.9 Å². The Morgan fingerprint density at radius 3 is 1.77 bits per heavy atom. The fourth-order valence-electron chi connectivity index (χ4n) is 9.48. The van der Waals surface area contributed by atoms with Gasteiger partial charge in [0.1, 0.15) is 60.1 Å². The number of rotatable bonds is 22. The number of cyclic esters (lactones) is 1. The molecule has 2 unspecified atom stereocenters. The van der Waals surface area contributed by atoms with Crippen molar-refractivity contribution in [3.63, 3.8) is 0 Å². The van der Waals surface area contributed by atoms with Crippen molar-refractivity contribution < 1.29 is 87.8 Å². The number of phenolic OH excluding ortho intramolecular Hbond substituents is 1. The van der Waals surface area contributed by atoms with Gasteiger partial charge in [-0.25, -0.2) is 4.79 Å². The maximum Gasteiger partial charge on any atom is 0.331 e. The van der Waals surface area contributed by atoms with E-state index in [1.54, 1.807) is 41.5 Å². The molecule has 0 aliphatic carbocycles. The molecule has 33 heteroatoms. The number of benzene rings is 2. The van der Waals surface area contributed by atoms with Crippen molar-refractivity contribution in [3.05, 3.63) is 65.7 Å². The van der Waals surface area contributed by atoms with Gasteiger partial charge in [0.25, 0.3) is 0 Å². The van der Waals surface area contributed by atoms with E-state index in [0.717, 1.165) is 6.92 Å². The van der Waals surface area contributed by atoms with Crippen molar-refractivity contribution in [3.8, 4) is 5.75 Å². The van der Waals surface area contributed by atoms with E-state index < -0.39 is 193 Å². The van der Waals surface area contributed by atoms with Crippen LogP contribution in [0.5, 0.6) is 5.75 Å². The van der Waals surface area contributed by atoms with Crippen LogP contribution in [0.2, 0.25) is 0 Å². The van der Waals surface area contributed by atoms with Crippen LogP contribution in [-0.4, -0.2) is 195 Å². The molecule has 0 aromatic heterocycles. The second-order valence-corrected chi connectivity index (χ2v) is 23.9. The van der Waals surface area contributed by atoms with Crippen LogP contribution >= 0.6 is 0 Å². The van der Waals surface area contributed by atoms with E-state index in [1.165, 1.54) is 68.4 Å². The van der Waals surface area contributed by atoms with Crippen LogP contribution in [0.3, 0.4) is 0 Å². The third-order valence-corrected chi connectivity index (χ3v) is 15.0. The second-order valence-electron chi connectivity index (χ2n) is 23.9. The molecule has 1 fully saturated rings. The number of phenols is 1. The van der Waals surface area contributed by atoms with Crippen LogP contribution in [0.25, 0.3) is 0 Å². The molecule has 23 N–H and O–H groups in total. The molecule has 516 valence electrons. The highest BCUT2D eigenvalue weighted by molar-refractivity contribution is 6.00. The maximum absolute atomic E-state index is 15.4. The molecule has 0 spiro atoms. The number of aromatic hydroxyl groups is 1. The number of hydrogen-bond acceptors (Lipinski definition) is 20. The van der Waals surface area contributed by atoms with E-state index in [0.29, 0.717) is 0 Å². The third kappa shape index (κ3) is 24.5. The van der Waals surface area contributed by atoms with E-state index in [-0.39, 0.29) is 61.4 Å². The number of carbonyl (C=O) groups excluding carboxylic acids is 12. The molecule has 0 bridgehead atoms. The SMILES string of the molecule is CC[C@H](C)C1NC(=O)[C@@H](CCCNC(=N)N)NC(=O)[C@H](CC(C)C)NC(=O)[C@H]([C@H](O)C(C)C)NC(=O)[C@@H](NC(=O)[C@H](CC(C)C)NC(=O)[C@H](N)c2ccc(O)cc2)[C@@H](c2ccccc2)OC(=O)[C@H](CO)NC(=O)[C@H]([C@H](O)C(N)=O)NC(=O)CNC(=O)C([C@H](C)O)NC1=O. The van der Waals surface area contributed by atoms with E-state index >= 15 is 4.79 Å². The van der Waals surface area contributed by atoms with Crippen LogP contribution in [-0.2, 0) is 62.3 Å². The second kappa shape index (κ2) is 37.5. The summed E-state index contributed by atoms with van der Waals surface area (Å²) in [6.45, 7) is 11.6. The average molecular weight is 1310 g/mol. The number of aliphatic hydroxyl groups is 4. The fourth-order valence-corrected chi connectivity index (χ4v) is 9.48. The lowest BCUT2D eigenvalue weighted by Crippen LogP contribution is -2.64. The lowest BCUT2D eigenvalue weighted by Gasteiger charge is -2.33. The molecule has 15 atom stereocenters. The Balaban J connectivity index is 2.41. The monoisotopic (exact) mass is 1310 g/mol. The summed E-state index contributed by atoms with van der Waals surface area (Å²) in [6, 6.07) is -6.21. The number of aliphatic hydroxyl groups excluding tert-OH is 4. The minimum absolute atomic E-state index is 0.00364. The van der Waals surface area contributed by atoms with Crippen molar-refractivity contribution in [1.29, 1.82) is 5.41 Å². The number of carbonyl (C=O) groups is 12. The van der Waals surface area contributed by atoms with Gasteiger partial charge in [0, 0.05) is 6.54 Å². The third-order valence-electron chi connectivity index (χ3n) is 15.0. The normalized spacial score (nSPS) is 24.2. The topological polar surface area (TPSA) is 549 Å². The Kier molecular flexibility index (Phi) is 31.5. The predicted molar refractivity (Wildman–Crippen MR) is 333 cm³/mol. The predicted octanol–water partition coefficient (Wildman–Crippen LogP) is -5.19. The highest BCUT2D eigenvalue weighted by Crippen LogP contribution is 2.25. The summed E-state index contributed by atoms with van der Waals surface area (Å²) in [4.78, 5) is 171. The average Bonchev–Trinajstić information content (AvgIpc) is 0.854. The molecule has 93 heavy (non-hydrogen) atoms. The summed E-state index contributed by atoms with van der Waals surface area (Å²) in [6.07, 6.45) is -8.47. The van der Waals surface area contributed by atoms with Crippen LogP contribution < -0.4 is 75.7 Å². The van der Waals surface area contributed by atoms with Gasteiger partial charge in [0.05, 0.1) is 25.4 Å². The first-order chi connectivity index (χ1) is 43.6. The van der Waals surface area contributed by atoms with Crippen LogP contribution in [0.1, 0.15) is 118 Å². The standard InChI is InChI=1S/C60H93N15O18/c1-10-30(8)41-55(88)73-42(31(9)77)54(87)66-25-39(79)71-44(47(81)49(62)82)57(90)70-38(26-76)59(92)93-48(33-15-12-11-13-16-33)45(75-52(85)37(24-28(4)5)68-53(86)40(61)32-18-20-34(78)21-19-32)58(91)74-43(46(80)29(6)7)56(89)69-36(23-27(2)3)51(84)67-35(50(83)72-41)17-14-22-65-60(63)64/h11-13,15-16,18-21,27-31,35-38,40-48,76-78,80-81H,10,14,17,22-26,61H2,1-9H3,(H2,62,82)(H,66,87)(H,67,84)(H,68,86)(H,69,89)(H,70,90)(H,71,79)(H,72,83)(H,73,88)(H,74,91)(H,75,85)(H4,63,64,65)/t30-,31-,35+,36-,37-,38-,40+,41?,42?,43-,44-,45-,46+,47-,48+/m0/s1. The van der Waals surface area contributed by atoms with Crippen molar-refractivity contribution in [1.82, 2.24) is 58.5 Å². The molecule has 2 aromatic rings. The number of nitrogens with one attached hydrogen (secondary N) is 12. The maximum atomic E-state index is 15.4. The van der Waals surface area contributed by atoms with Gasteiger partial charge < -0.3 is 106 Å². The quantitative estimate of drug-likeness (QED) is 0.0227. The number of nitrogens with two attached hydrogens (primary N) is 3. The zero-order valence-electron chi connectivity index (χ0n) is 53.5. The Morgan fingerprint density at radius 1 is 0.667 bits per heavy atom. The highest BCUT2D eigenvalue weighted by Gasteiger charge is 2.44. The van der Waals surface area contributed by atoms with E-state index in [1.807, 2.05) is 10.6 Å². The summed E-state index contributed by atoms with van der Waals surface area (Å²) in [5.41, 5.74) is 17.2. The molecular weight excluding hydrogens is 1220 g/mol. The van der Waals surface area contributed by atoms with Gasteiger partial charge in [-0.3, -0.25) is 58.1 Å². The number of primary amides is 1. The summed E-state index contributed by atoms with van der Waals surface area (Å²) < 4.78 is 5.92. The summed E-state index contributed by atoms with van der Waals surface area (Å²) in [5, 5.41) is 88.0. The Hall–Kier alpha value is -9.05. The zero-order valence-corrected chi connectivity index (χ0v) is 53.5. The van der Waals surface area contributed by atoms with Gasteiger partial charge in [-0.2, -0.15) is 0 Å². The lowest BCUT2D eigenvalue weighted by atomic mass is 9.95. The number of amides is 11. The van der Waals surface area contributed by atoms with Crippen LogP contribution in [0.4, 0.5) is 0 Å². The van der Waals surface area contributed by atoms with Gasteiger partial charge >= 0.3 is 5.97 Å². The molecule has 3 rings (SSSR count). The minimum atomic E-state index is -2.59. The van der Waals surface area contributed by atoms with Crippen molar-refractivity contribution in [2.45, 2.75) is 179 Å². The summed E-state index contributed by atoms with van der Waals surface area (Å²) >= 11 is 0. The molecule has 1 heterocycles. The molecule has 0 saturated carbocycles. The van der Waals surface area contributed by atoms with Crippen molar-refractivity contribution in [2.75, 3.05) is 19.7 Å². The van der Waals surface area contributed by atoms with E-state index in [9.17, 15) is 78.3 Å². The molecular formula is C60H93N15O18. The van der Waals surface area contributed by atoms with Gasteiger partial charge in [-0.05, 0) is 79.5 Å². The summed E-state index contributed by atoms with van der Waals surface area (Å²) in [7, 11) is 0. The van der Waals surface area contributed by atoms with Crippen LogP contribution in [0.15, 0.2) is 54.6 Å². The largest absolute Gasteiger partial charge is 0.508 e. The van der Waals surface area contributed by atoms with E-state index in [4.69, 9.17) is 27.3 Å². The van der Waals surface area contributed by atoms with Crippen molar-refractivity contribution in [2.24, 2.45) is 40.9 Å². The first kappa shape index (κ1) is 78.2. The number of ether oxygens (including phenoxy) is 1. The molecule has 1 aliphatic heterocycles. The molecule has 11 amide bonds. The minimum Gasteiger partial charge on any atom is -0.508 e. The number of guanidine groups is 1. The Labute approximate surface area is 538 Å². The summed E-state index contributed by atoms with van der Waals surface area (Å²) in [5.74, 6) is -18.0. The van der Waals surface area contributed by atoms with Gasteiger partial charge in [-0.15, -0.1) is 0 Å². The first-order valence-electron chi connectivity index (χ1n) is 30.4. The highest BCUT2D eigenvalue weighted by atomic mass is 16.5. The van der Waals surface area contributed by atoms with E-state index in [2.05, 4.69) is 47.9 Å². The number of esters is 1. The molecule has 0 radical (unpaired) electrons. The van der Waals surface area contributed by atoms with Gasteiger partial charge in [-0.1, -0.05) is 104 Å². The molecule has 2 aromatic carbocycles. The fraction of sp³-hybridized carbons (Fsp3) is 0.583. The van der Waals surface area contributed by atoms with Gasteiger partial charge in [0.15, 0.2) is 24.2 Å².